The van der Waals surface area contributed by atoms with Gasteiger partial charge >= 0.3 is 0 Å². The maximum absolute atomic E-state index is 8.84. The first-order valence-electron chi connectivity index (χ1n) is 4.88. The molecule has 0 heterocycles. The number of hydrogen-bond donors (Lipinski definition) is 1. The summed E-state index contributed by atoms with van der Waals surface area (Å²) in [6.07, 6.45) is 2.88. The average molecular weight is 190 g/mol. The molecule has 0 aliphatic rings. The van der Waals surface area contributed by atoms with E-state index in [9.17, 15) is 0 Å². The molecule has 76 valence electrons. The zero-order valence-electron chi connectivity index (χ0n) is 9.60. The molecule has 1 rings (SSSR count). The molecule has 0 fully saturated rings. The molecule has 0 saturated carbocycles. The summed E-state index contributed by atoms with van der Waals surface area (Å²) in [6, 6.07) is 0. The molecule has 1 heteroatoms. The number of aliphatic hydroxyl groups excluding tert-OH is 1. The van der Waals surface area contributed by atoms with Crippen LogP contribution in [0.25, 0.3) is 6.08 Å². The zero-order valence-corrected chi connectivity index (χ0v) is 9.60. The van der Waals surface area contributed by atoms with E-state index in [0.717, 1.165) is 11.8 Å². The fraction of sp³-hybridized carbons (Fsp3) is 0.385. The molecule has 1 nitrogen and oxygen atoms in total. The lowest BCUT2D eigenvalue weighted by atomic mass is 9.90. The van der Waals surface area contributed by atoms with Crippen molar-refractivity contribution in [1.29, 1.82) is 0 Å². The average Bonchev–Trinajstić information content (AvgIpc) is 2.19. The predicted octanol–water partition coefficient (Wildman–Crippen LogP) is 3.76. The Morgan fingerprint density at radius 1 is 0.714 bits per heavy atom. The van der Waals surface area contributed by atoms with Gasteiger partial charge in [-0.1, -0.05) is 0 Å². The monoisotopic (exact) mass is 190 g/mol. The topological polar surface area (TPSA) is 20.2 Å². The Balaban J connectivity index is 3.59. The van der Waals surface area contributed by atoms with Gasteiger partial charge in [-0.05, 0) is 74.1 Å². The third kappa shape index (κ3) is 1.54. The number of aliphatic hydroxyl groups is 1. The van der Waals surface area contributed by atoms with Crippen molar-refractivity contribution in [2.75, 3.05) is 0 Å². The van der Waals surface area contributed by atoms with Crippen LogP contribution >= 0.6 is 0 Å². The van der Waals surface area contributed by atoms with E-state index in [1.54, 1.807) is 6.08 Å². The first-order chi connectivity index (χ1) is 6.50. The van der Waals surface area contributed by atoms with Gasteiger partial charge in [0.1, 0.15) is 0 Å². The summed E-state index contributed by atoms with van der Waals surface area (Å²) in [5, 5.41) is 8.84. The minimum atomic E-state index is 1.11. The summed E-state index contributed by atoms with van der Waals surface area (Å²) in [4.78, 5) is 0. The van der Waals surface area contributed by atoms with Gasteiger partial charge in [0.15, 0.2) is 0 Å². The zero-order chi connectivity index (χ0) is 10.9. The van der Waals surface area contributed by atoms with Crippen molar-refractivity contribution in [3.8, 4) is 0 Å². The molecule has 0 aliphatic heterocycles. The third-order valence-electron chi connectivity index (χ3n) is 3.30. The lowest BCUT2D eigenvalue weighted by molar-refractivity contribution is 0.478. The normalized spacial score (nSPS) is 11.2. The molecule has 0 spiro atoms. The molecular weight excluding hydrogens is 172 g/mol. The molecular formula is C13H18O. The van der Waals surface area contributed by atoms with Gasteiger partial charge in [-0.15, -0.1) is 0 Å². The molecule has 0 unspecified atom stereocenters. The van der Waals surface area contributed by atoms with Crippen molar-refractivity contribution in [1.82, 2.24) is 0 Å². The lowest BCUT2D eigenvalue weighted by Gasteiger charge is -2.15. The second-order valence-corrected chi connectivity index (χ2v) is 3.85. The predicted molar refractivity (Wildman–Crippen MR) is 61.8 cm³/mol. The second-order valence-electron chi connectivity index (χ2n) is 3.85. The molecule has 0 aliphatic carbocycles. The Morgan fingerprint density at radius 2 is 1.07 bits per heavy atom. The van der Waals surface area contributed by atoms with E-state index in [0.29, 0.717) is 0 Å². The Hall–Kier alpha value is -1.24. The Labute approximate surface area is 86.1 Å². The summed E-state index contributed by atoms with van der Waals surface area (Å²) in [5.41, 5.74) is 7.66. The van der Waals surface area contributed by atoms with Crippen molar-refractivity contribution in [2.24, 2.45) is 0 Å². The highest BCUT2D eigenvalue weighted by Gasteiger charge is 2.09. The molecule has 1 aromatic carbocycles. The van der Waals surface area contributed by atoms with Crippen LogP contribution in [0.3, 0.4) is 0 Å². The summed E-state index contributed by atoms with van der Waals surface area (Å²) in [5.74, 6) is 0. The highest BCUT2D eigenvalue weighted by molar-refractivity contribution is 5.62. The van der Waals surface area contributed by atoms with Crippen LogP contribution in [0, 0.1) is 34.6 Å². The van der Waals surface area contributed by atoms with Crippen molar-refractivity contribution >= 4 is 6.08 Å². The first-order valence-corrected chi connectivity index (χ1v) is 4.88. The number of benzene rings is 1. The Kier molecular flexibility index (Phi) is 3.00. The van der Waals surface area contributed by atoms with Gasteiger partial charge in [-0.2, -0.15) is 0 Å². The Morgan fingerprint density at radius 3 is 1.43 bits per heavy atom. The standard InChI is InChI=1S/C13H18O/c1-8-9(2)11(4)13(6-7-14)12(5)10(8)3/h6-7,14H,1-5H3. The van der Waals surface area contributed by atoms with Gasteiger partial charge in [-0.3, -0.25) is 0 Å². The van der Waals surface area contributed by atoms with Gasteiger partial charge in [0, 0.05) is 0 Å². The fourth-order valence-corrected chi connectivity index (χ4v) is 1.85. The third-order valence-corrected chi connectivity index (χ3v) is 3.30. The quantitative estimate of drug-likeness (QED) is 0.668. The van der Waals surface area contributed by atoms with Crippen molar-refractivity contribution in [3.63, 3.8) is 0 Å². The lowest BCUT2D eigenvalue weighted by Crippen LogP contribution is -1.98. The van der Waals surface area contributed by atoms with E-state index in [1.807, 2.05) is 0 Å². The van der Waals surface area contributed by atoms with Gasteiger partial charge < -0.3 is 5.11 Å². The highest BCUT2D eigenvalue weighted by Crippen LogP contribution is 2.26. The molecule has 0 bridgehead atoms. The summed E-state index contributed by atoms with van der Waals surface area (Å²) in [6.45, 7) is 10.6. The highest BCUT2D eigenvalue weighted by atomic mass is 16.2. The van der Waals surface area contributed by atoms with Crippen LogP contribution in [0.15, 0.2) is 6.26 Å². The van der Waals surface area contributed by atoms with Gasteiger partial charge in [0.25, 0.3) is 0 Å². The van der Waals surface area contributed by atoms with Crippen LogP contribution < -0.4 is 0 Å². The molecule has 1 N–H and O–H groups in total. The van der Waals surface area contributed by atoms with E-state index in [2.05, 4.69) is 34.6 Å². The van der Waals surface area contributed by atoms with Gasteiger partial charge in [-0.25, -0.2) is 0 Å². The van der Waals surface area contributed by atoms with E-state index in [1.165, 1.54) is 27.8 Å². The molecule has 0 saturated heterocycles. The van der Waals surface area contributed by atoms with Crippen LogP contribution in [-0.4, -0.2) is 5.11 Å². The van der Waals surface area contributed by atoms with Gasteiger partial charge in [0.2, 0.25) is 0 Å². The summed E-state index contributed by atoms with van der Waals surface area (Å²) >= 11 is 0. The number of hydrogen-bond acceptors (Lipinski definition) is 1. The summed E-state index contributed by atoms with van der Waals surface area (Å²) < 4.78 is 0. The largest absolute Gasteiger partial charge is 0.516 e. The number of rotatable bonds is 1. The molecule has 0 amide bonds. The van der Waals surface area contributed by atoms with Crippen LogP contribution in [0.1, 0.15) is 33.4 Å². The molecule has 1 aromatic rings. The van der Waals surface area contributed by atoms with E-state index in [-0.39, 0.29) is 0 Å². The molecule has 0 atom stereocenters. The minimum absolute atomic E-state index is 1.11. The van der Waals surface area contributed by atoms with Crippen molar-refractivity contribution in [3.05, 3.63) is 39.6 Å². The van der Waals surface area contributed by atoms with Gasteiger partial charge in [0.05, 0.1) is 6.26 Å². The summed E-state index contributed by atoms with van der Waals surface area (Å²) in [7, 11) is 0. The van der Waals surface area contributed by atoms with E-state index >= 15 is 0 Å². The molecule has 14 heavy (non-hydrogen) atoms. The first kappa shape index (κ1) is 10.8. The van der Waals surface area contributed by atoms with Crippen LogP contribution in [0.2, 0.25) is 0 Å². The Bertz CT molecular complexity index is 358. The minimum Gasteiger partial charge on any atom is -0.516 e. The maximum atomic E-state index is 8.84. The smallest absolute Gasteiger partial charge is 0.0797 e. The van der Waals surface area contributed by atoms with Crippen LogP contribution in [0.5, 0.6) is 0 Å². The van der Waals surface area contributed by atoms with Crippen LogP contribution in [0.4, 0.5) is 0 Å². The molecule has 0 aromatic heterocycles. The molecule has 0 radical (unpaired) electrons. The van der Waals surface area contributed by atoms with E-state index in [4.69, 9.17) is 5.11 Å². The van der Waals surface area contributed by atoms with Crippen LogP contribution in [-0.2, 0) is 0 Å². The van der Waals surface area contributed by atoms with Crippen molar-refractivity contribution < 1.29 is 5.11 Å². The van der Waals surface area contributed by atoms with Crippen molar-refractivity contribution in [2.45, 2.75) is 34.6 Å². The SMILES string of the molecule is Cc1c(C)c(C)c(C=CO)c(C)c1C. The fourth-order valence-electron chi connectivity index (χ4n) is 1.85. The maximum Gasteiger partial charge on any atom is 0.0797 e. The van der Waals surface area contributed by atoms with E-state index < -0.39 is 0 Å². The second kappa shape index (κ2) is 3.87.